The van der Waals surface area contributed by atoms with E-state index in [1.807, 2.05) is 0 Å². The van der Waals surface area contributed by atoms with E-state index in [9.17, 15) is 0 Å². The second-order valence-electron chi connectivity index (χ2n) is 8.54. The number of hydrogen-bond donors (Lipinski definition) is 1. The van der Waals surface area contributed by atoms with Gasteiger partial charge in [-0.1, -0.05) is 36.4 Å². The molecule has 2 aliphatic rings. The minimum Gasteiger partial charge on any atom is -0.497 e. The highest BCUT2D eigenvalue weighted by atomic mass is 16.5. The number of nitrogens with one attached hydrogen (secondary N) is 1. The Hall–Kier alpha value is -2.52. The molecular formula is C26H30N2O. The van der Waals surface area contributed by atoms with E-state index in [0.717, 1.165) is 18.2 Å². The zero-order valence-corrected chi connectivity index (χ0v) is 17.3. The van der Waals surface area contributed by atoms with Crippen LogP contribution in [0, 0.1) is 5.92 Å². The summed E-state index contributed by atoms with van der Waals surface area (Å²) in [6.07, 6.45) is 8.59. The summed E-state index contributed by atoms with van der Waals surface area (Å²) in [5.41, 5.74) is 7.12. The Morgan fingerprint density at radius 2 is 2.00 bits per heavy atom. The molecule has 1 aromatic heterocycles. The van der Waals surface area contributed by atoms with E-state index in [1.165, 1.54) is 72.9 Å². The normalized spacial score (nSPS) is 19.8. The molecule has 2 aromatic carbocycles. The number of rotatable bonds is 5. The van der Waals surface area contributed by atoms with Crippen LogP contribution >= 0.6 is 0 Å². The van der Waals surface area contributed by atoms with Gasteiger partial charge in [0.1, 0.15) is 5.75 Å². The zero-order valence-electron chi connectivity index (χ0n) is 17.3. The third-order valence-corrected chi connectivity index (χ3v) is 6.79. The molecule has 29 heavy (non-hydrogen) atoms. The fraction of sp³-hybridized carbons (Fsp3) is 0.385. The molecule has 1 N–H and O–H groups in total. The first kappa shape index (κ1) is 18.5. The van der Waals surface area contributed by atoms with Crippen LogP contribution in [0.15, 0.2) is 54.6 Å². The summed E-state index contributed by atoms with van der Waals surface area (Å²) in [5.74, 6) is 1.73. The van der Waals surface area contributed by atoms with Crippen molar-refractivity contribution in [3.05, 3.63) is 71.4 Å². The van der Waals surface area contributed by atoms with Crippen LogP contribution in [0.5, 0.6) is 5.75 Å². The van der Waals surface area contributed by atoms with Gasteiger partial charge < -0.3 is 9.72 Å². The Balaban J connectivity index is 1.20. The number of fused-ring (bicyclic) bond motifs is 3. The van der Waals surface area contributed by atoms with E-state index in [4.69, 9.17) is 4.74 Å². The van der Waals surface area contributed by atoms with Crippen molar-refractivity contribution in [1.29, 1.82) is 0 Å². The standard InChI is InChI=1S/C26H30N2O/c1-29-22-8-9-23-24-17-19(7-10-25(24)27-26(23)18-22)11-14-28-15-12-21(13-16-28)20-5-3-2-4-6-20/h2-6,8-9,12,18-19,27H,7,10-11,13-17H2,1H3. The minimum atomic E-state index is 0.795. The molecule has 0 spiro atoms. The highest BCUT2D eigenvalue weighted by molar-refractivity contribution is 5.86. The van der Waals surface area contributed by atoms with Crippen LogP contribution in [0.25, 0.3) is 16.5 Å². The third kappa shape index (κ3) is 3.84. The van der Waals surface area contributed by atoms with E-state index in [0.29, 0.717) is 0 Å². The summed E-state index contributed by atoms with van der Waals surface area (Å²) in [4.78, 5) is 6.27. The van der Waals surface area contributed by atoms with Crippen LogP contribution in [0.3, 0.4) is 0 Å². The number of benzene rings is 2. The Morgan fingerprint density at radius 1 is 1.10 bits per heavy atom. The number of aryl methyl sites for hydroxylation is 1. The van der Waals surface area contributed by atoms with Gasteiger partial charge in [-0.3, -0.25) is 4.90 Å². The molecule has 5 rings (SSSR count). The zero-order chi connectivity index (χ0) is 19.6. The van der Waals surface area contributed by atoms with E-state index in [-0.39, 0.29) is 0 Å². The van der Waals surface area contributed by atoms with Gasteiger partial charge in [0, 0.05) is 35.8 Å². The van der Waals surface area contributed by atoms with Crippen LogP contribution < -0.4 is 4.74 Å². The summed E-state index contributed by atoms with van der Waals surface area (Å²) in [7, 11) is 1.73. The molecule has 1 aliphatic heterocycles. The summed E-state index contributed by atoms with van der Waals surface area (Å²) < 4.78 is 5.39. The lowest BCUT2D eigenvalue weighted by Crippen LogP contribution is -2.31. The fourth-order valence-corrected chi connectivity index (χ4v) is 5.04. The lowest BCUT2D eigenvalue weighted by molar-refractivity contribution is 0.265. The van der Waals surface area contributed by atoms with E-state index < -0.39 is 0 Å². The van der Waals surface area contributed by atoms with Crippen molar-refractivity contribution in [3.8, 4) is 5.75 Å². The molecule has 2 heterocycles. The molecule has 0 saturated carbocycles. The maximum Gasteiger partial charge on any atom is 0.120 e. The monoisotopic (exact) mass is 386 g/mol. The van der Waals surface area contributed by atoms with E-state index in [1.54, 1.807) is 12.7 Å². The number of hydrogen-bond acceptors (Lipinski definition) is 2. The molecule has 0 saturated heterocycles. The molecular weight excluding hydrogens is 356 g/mol. The molecule has 3 heteroatoms. The minimum absolute atomic E-state index is 0.795. The Bertz CT molecular complexity index is 1020. The molecule has 0 fully saturated rings. The van der Waals surface area contributed by atoms with Crippen LogP contribution in [0.2, 0.25) is 0 Å². The van der Waals surface area contributed by atoms with Crippen LogP contribution in [0.1, 0.15) is 36.1 Å². The predicted octanol–water partition coefficient (Wildman–Crippen LogP) is 5.46. The van der Waals surface area contributed by atoms with Gasteiger partial charge in [0.15, 0.2) is 0 Å². The summed E-state index contributed by atoms with van der Waals surface area (Å²) >= 11 is 0. The summed E-state index contributed by atoms with van der Waals surface area (Å²) in [6, 6.07) is 17.3. The van der Waals surface area contributed by atoms with Gasteiger partial charge in [0.05, 0.1) is 7.11 Å². The molecule has 0 bridgehead atoms. The molecule has 1 atom stereocenters. The molecule has 0 radical (unpaired) electrons. The van der Waals surface area contributed by atoms with Gasteiger partial charge in [-0.25, -0.2) is 0 Å². The highest BCUT2D eigenvalue weighted by Crippen LogP contribution is 2.34. The first-order valence-electron chi connectivity index (χ1n) is 10.9. The van der Waals surface area contributed by atoms with Gasteiger partial charge in [0.25, 0.3) is 0 Å². The number of ether oxygens (including phenoxy) is 1. The van der Waals surface area contributed by atoms with E-state index in [2.05, 4.69) is 64.5 Å². The largest absolute Gasteiger partial charge is 0.497 e. The van der Waals surface area contributed by atoms with Gasteiger partial charge in [-0.2, -0.15) is 0 Å². The van der Waals surface area contributed by atoms with E-state index >= 15 is 0 Å². The lowest BCUT2D eigenvalue weighted by atomic mass is 9.84. The van der Waals surface area contributed by atoms with Gasteiger partial charge in [-0.15, -0.1) is 0 Å². The predicted molar refractivity (Wildman–Crippen MR) is 120 cm³/mol. The quantitative estimate of drug-likeness (QED) is 0.630. The second kappa shape index (κ2) is 8.08. The first-order valence-corrected chi connectivity index (χ1v) is 10.9. The molecule has 3 nitrogen and oxygen atoms in total. The average Bonchev–Trinajstić information content (AvgIpc) is 3.15. The van der Waals surface area contributed by atoms with Gasteiger partial charge in [-0.05, 0) is 73.4 Å². The number of H-pyrrole nitrogens is 1. The van der Waals surface area contributed by atoms with Crippen molar-refractivity contribution in [2.24, 2.45) is 5.92 Å². The smallest absolute Gasteiger partial charge is 0.120 e. The second-order valence-corrected chi connectivity index (χ2v) is 8.54. The Morgan fingerprint density at radius 3 is 2.79 bits per heavy atom. The molecule has 3 aromatic rings. The third-order valence-electron chi connectivity index (χ3n) is 6.79. The number of aromatic amines is 1. The van der Waals surface area contributed by atoms with Crippen molar-refractivity contribution in [2.45, 2.75) is 32.1 Å². The highest BCUT2D eigenvalue weighted by Gasteiger charge is 2.23. The van der Waals surface area contributed by atoms with Crippen molar-refractivity contribution in [2.75, 3.05) is 26.7 Å². The van der Waals surface area contributed by atoms with Crippen LogP contribution in [-0.2, 0) is 12.8 Å². The fourth-order valence-electron chi connectivity index (χ4n) is 5.04. The van der Waals surface area contributed by atoms with Crippen molar-refractivity contribution in [1.82, 2.24) is 9.88 Å². The number of aromatic nitrogens is 1. The van der Waals surface area contributed by atoms with Crippen LogP contribution in [-0.4, -0.2) is 36.6 Å². The van der Waals surface area contributed by atoms with Crippen LogP contribution in [0.4, 0.5) is 0 Å². The topological polar surface area (TPSA) is 28.3 Å². The maximum absolute atomic E-state index is 5.39. The van der Waals surface area contributed by atoms with Crippen molar-refractivity contribution in [3.63, 3.8) is 0 Å². The first-order chi connectivity index (χ1) is 14.3. The van der Waals surface area contributed by atoms with Crippen molar-refractivity contribution < 1.29 is 4.74 Å². The Labute approximate surface area is 173 Å². The van der Waals surface area contributed by atoms with Gasteiger partial charge >= 0.3 is 0 Å². The molecule has 1 unspecified atom stereocenters. The van der Waals surface area contributed by atoms with Gasteiger partial charge in [0.2, 0.25) is 0 Å². The maximum atomic E-state index is 5.39. The molecule has 150 valence electrons. The molecule has 1 aliphatic carbocycles. The molecule has 0 amide bonds. The average molecular weight is 387 g/mol. The lowest BCUT2D eigenvalue weighted by Gasteiger charge is -2.29. The SMILES string of the molecule is COc1ccc2c3c([nH]c2c1)CCC(CCN1CC=C(c2ccccc2)CC1)C3. The summed E-state index contributed by atoms with van der Waals surface area (Å²) in [6.45, 7) is 3.50. The number of methoxy groups -OCH3 is 1. The Kier molecular flexibility index (Phi) is 5.15. The summed E-state index contributed by atoms with van der Waals surface area (Å²) in [5, 5.41) is 1.39. The van der Waals surface area contributed by atoms with Crippen molar-refractivity contribution >= 4 is 16.5 Å². The number of nitrogens with zero attached hydrogens (tertiary/aromatic N) is 1.